The van der Waals surface area contributed by atoms with E-state index in [0.717, 1.165) is 0 Å². The van der Waals surface area contributed by atoms with Gasteiger partial charge in [-0.1, -0.05) is 48.0 Å². The summed E-state index contributed by atoms with van der Waals surface area (Å²) in [6.07, 6.45) is 1.18. The molecule has 0 aliphatic rings. The first-order chi connectivity index (χ1) is 16.8. The third-order valence-electron chi connectivity index (χ3n) is 5.49. The van der Waals surface area contributed by atoms with Crippen molar-refractivity contribution in [3.63, 3.8) is 0 Å². The Morgan fingerprint density at radius 2 is 1.46 bits per heavy atom. The Hall–Kier alpha value is -4.36. The first kappa shape index (κ1) is 23.8. The highest BCUT2D eigenvalue weighted by Crippen LogP contribution is 2.18. The van der Waals surface area contributed by atoms with E-state index in [1.54, 1.807) is 67.2 Å². The summed E-state index contributed by atoms with van der Waals surface area (Å²) in [4.78, 5) is 39.5. The molecule has 0 saturated heterocycles. The van der Waals surface area contributed by atoms with Crippen molar-refractivity contribution < 1.29 is 9.59 Å². The van der Waals surface area contributed by atoms with Crippen LogP contribution < -0.4 is 16.2 Å². The molecule has 3 aromatic carbocycles. The van der Waals surface area contributed by atoms with Crippen molar-refractivity contribution in [2.75, 3.05) is 10.6 Å². The van der Waals surface area contributed by atoms with E-state index in [2.05, 4.69) is 10.6 Å². The van der Waals surface area contributed by atoms with Gasteiger partial charge in [-0.15, -0.1) is 0 Å². The van der Waals surface area contributed by atoms with Gasteiger partial charge in [-0.25, -0.2) is 4.68 Å². The number of benzene rings is 3. The molecule has 0 aliphatic heterocycles. The van der Waals surface area contributed by atoms with Crippen LogP contribution in [-0.4, -0.2) is 21.1 Å². The molecule has 0 unspecified atom stereocenters. The molecule has 0 spiro atoms. The Bertz CT molecular complexity index is 1450. The number of nitrogens with one attached hydrogen (secondary N) is 2. The summed E-state index contributed by atoms with van der Waals surface area (Å²) < 4.78 is 3.18. The van der Waals surface area contributed by atoms with Gasteiger partial charge in [0.05, 0.1) is 11.4 Å². The van der Waals surface area contributed by atoms with Crippen molar-refractivity contribution in [2.24, 2.45) is 7.05 Å². The van der Waals surface area contributed by atoms with Gasteiger partial charge in [-0.05, 0) is 55.5 Å². The van der Waals surface area contributed by atoms with Crippen LogP contribution in [0, 0.1) is 6.92 Å². The number of carbonyl (C=O) groups excluding carboxylic acids is 2. The number of carbonyl (C=O) groups is 2. The second-order valence-corrected chi connectivity index (χ2v) is 8.25. The normalized spacial score (nSPS) is 11.2. The molecule has 1 heterocycles. The predicted molar refractivity (Wildman–Crippen MR) is 138 cm³/mol. The largest absolute Gasteiger partial charge is 0.345 e. The molecule has 1 amide bonds. The molecule has 7 nitrogen and oxygen atoms in total. The lowest BCUT2D eigenvalue weighted by molar-refractivity contribution is -0.112. The van der Waals surface area contributed by atoms with E-state index in [1.807, 2.05) is 36.4 Å². The van der Waals surface area contributed by atoms with Gasteiger partial charge in [0.25, 0.3) is 11.5 Å². The minimum absolute atomic E-state index is 0.0696. The Morgan fingerprint density at radius 3 is 2.09 bits per heavy atom. The average Bonchev–Trinajstić information content (AvgIpc) is 3.08. The zero-order valence-electron chi connectivity index (χ0n) is 19.2. The van der Waals surface area contributed by atoms with Crippen molar-refractivity contribution in [3.05, 3.63) is 123 Å². The number of aromatic nitrogens is 2. The van der Waals surface area contributed by atoms with Gasteiger partial charge in [0.2, 0.25) is 0 Å². The fraction of sp³-hybridized carbons (Fsp3) is 0.0741. The van der Waals surface area contributed by atoms with Crippen molar-refractivity contribution in [1.82, 2.24) is 9.36 Å². The zero-order chi connectivity index (χ0) is 24.9. The number of allylic oxidation sites excluding steroid dienone is 1. The minimum atomic E-state index is -0.563. The molecular formula is C27H23ClN4O3. The van der Waals surface area contributed by atoms with Crippen molar-refractivity contribution in [1.29, 1.82) is 0 Å². The van der Waals surface area contributed by atoms with E-state index in [-0.39, 0.29) is 16.9 Å². The summed E-state index contributed by atoms with van der Waals surface area (Å²) in [7, 11) is 1.75. The lowest BCUT2D eigenvalue weighted by Gasteiger charge is -2.11. The van der Waals surface area contributed by atoms with Crippen LogP contribution in [0.15, 0.2) is 101 Å². The van der Waals surface area contributed by atoms with Gasteiger partial charge < -0.3 is 10.6 Å². The fourth-order valence-electron chi connectivity index (χ4n) is 3.55. The third-order valence-corrected chi connectivity index (χ3v) is 5.75. The smallest absolute Gasteiger partial charge is 0.295 e. The first-order valence-corrected chi connectivity index (χ1v) is 11.2. The van der Waals surface area contributed by atoms with Crippen LogP contribution in [0.4, 0.5) is 11.4 Å². The zero-order valence-corrected chi connectivity index (χ0v) is 19.9. The SMILES string of the molecule is Cc1c(N/C(=C\C(=O)c2ccc(Cl)cc2)C(=O)Nc2ccccc2)c(=O)n(-c2ccccc2)n1C. The monoisotopic (exact) mass is 486 g/mol. The molecule has 176 valence electrons. The summed E-state index contributed by atoms with van der Waals surface area (Å²) >= 11 is 5.93. The average molecular weight is 487 g/mol. The molecule has 0 bridgehead atoms. The lowest BCUT2D eigenvalue weighted by atomic mass is 10.1. The van der Waals surface area contributed by atoms with Crippen LogP contribution in [0.3, 0.4) is 0 Å². The predicted octanol–water partition coefficient (Wildman–Crippen LogP) is 4.96. The molecule has 0 saturated carbocycles. The summed E-state index contributed by atoms with van der Waals surface area (Å²) in [5.74, 6) is -0.975. The van der Waals surface area contributed by atoms with Crippen LogP contribution in [0.1, 0.15) is 16.1 Å². The second-order valence-electron chi connectivity index (χ2n) is 7.81. The van der Waals surface area contributed by atoms with E-state index in [4.69, 9.17) is 11.6 Å². The Kier molecular flexibility index (Phi) is 6.98. The summed E-state index contributed by atoms with van der Waals surface area (Å²) in [5.41, 5.74) is 1.94. The van der Waals surface area contributed by atoms with Crippen molar-refractivity contribution >= 4 is 34.7 Å². The molecule has 8 heteroatoms. The Balaban J connectivity index is 1.74. The molecule has 0 atom stereocenters. The number of rotatable bonds is 7. The quantitative estimate of drug-likeness (QED) is 0.286. The molecule has 4 rings (SSSR count). The lowest BCUT2D eigenvalue weighted by Crippen LogP contribution is -2.25. The highest BCUT2D eigenvalue weighted by atomic mass is 35.5. The van der Waals surface area contributed by atoms with Crippen LogP contribution in [0.25, 0.3) is 5.69 Å². The van der Waals surface area contributed by atoms with Gasteiger partial charge in [-0.2, -0.15) is 0 Å². The number of amides is 1. The molecular weight excluding hydrogens is 464 g/mol. The molecule has 2 N–H and O–H groups in total. The summed E-state index contributed by atoms with van der Waals surface area (Å²) in [6.45, 7) is 1.76. The molecule has 35 heavy (non-hydrogen) atoms. The standard InChI is InChI=1S/C27H23ClN4O3/c1-18-25(27(35)32(31(18)2)22-11-7-4-8-12-22)30-23(26(34)29-21-9-5-3-6-10-21)17-24(33)19-13-15-20(28)16-14-19/h3-17,30H,1-2H3,(H,29,34)/b23-17-. The van der Waals surface area contributed by atoms with E-state index >= 15 is 0 Å². The van der Waals surface area contributed by atoms with Gasteiger partial charge in [0, 0.05) is 29.4 Å². The number of anilines is 2. The molecule has 0 radical (unpaired) electrons. The van der Waals surface area contributed by atoms with Gasteiger partial charge in [0.15, 0.2) is 5.78 Å². The van der Waals surface area contributed by atoms with Crippen LogP contribution in [0.5, 0.6) is 0 Å². The number of hydrogen-bond donors (Lipinski definition) is 2. The highest BCUT2D eigenvalue weighted by Gasteiger charge is 2.21. The topological polar surface area (TPSA) is 85.1 Å². The van der Waals surface area contributed by atoms with Gasteiger partial charge in [-0.3, -0.25) is 19.1 Å². The molecule has 0 aliphatic carbocycles. The Labute approximate surface area is 207 Å². The minimum Gasteiger partial charge on any atom is -0.345 e. The molecule has 0 fully saturated rings. The number of para-hydroxylation sites is 2. The molecule has 4 aromatic rings. The van der Waals surface area contributed by atoms with E-state index < -0.39 is 11.7 Å². The maximum Gasteiger partial charge on any atom is 0.295 e. The van der Waals surface area contributed by atoms with E-state index in [1.165, 1.54) is 10.8 Å². The summed E-state index contributed by atoms with van der Waals surface area (Å²) in [5, 5.41) is 6.18. The van der Waals surface area contributed by atoms with Crippen molar-refractivity contribution in [2.45, 2.75) is 6.92 Å². The third kappa shape index (κ3) is 5.26. The number of halogens is 1. The van der Waals surface area contributed by atoms with Gasteiger partial charge in [0.1, 0.15) is 11.4 Å². The highest BCUT2D eigenvalue weighted by molar-refractivity contribution is 6.30. The van der Waals surface area contributed by atoms with Crippen LogP contribution in [0.2, 0.25) is 5.02 Å². The number of ketones is 1. The van der Waals surface area contributed by atoms with Crippen LogP contribution in [-0.2, 0) is 11.8 Å². The maximum atomic E-state index is 13.3. The first-order valence-electron chi connectivity index (χ1n) is 10.8. The number of nitrogens with zero attached hydrogens (tertiary/aromatic N) is 2. The van der Waals surface area contributed by atoms with Crippen LogP contribution >= 0.6 is 11.6 Å². The fourth-order valence-corrected chi connectivity index (χ4v) is 3.68. The van der Waals surface area contributed by atoms with Gasteiger partial charge >= 0.3 is 0 Å². The molecule has 1 aromatic heterocycles. The van der Waals surface area contributed by atoms with Crippen molar-refractivity contribution in [3.8, 4) is 5.69 Å². The Morgan fingerprint density at radius 1 is 0.857 bits per heavy atom. The van der Waals surface area contributed by atoms with E-state index in [0.29, 0.717) is 27.7 Å². The van der Waals surface area contributed by atoms with E-state index in [9.17, 15) is 14.4 Å². The number of hydrogen-bond acceptors (Lipinski definition) is 4. The summed E-state index contributed by atoms with van der Waals surface area (Å²) in [6, 6.07) is 24.3. The maximum absolute atomic E-state index is 13.3. The second kappa shape index (κ2) is 10.3.